The summed E-state index contributed by atoms with van der Waals surface area (Å²) in [5, 5.41) is 3.10. The van der Waals surface area contributed by atoms with Crippen molar-refractivity contribution in [1.29, 1.82) is 0 Å². The van der Waals surface area contributed by atoms with E-state index in [1.165, 1.54) is 32.4 Å². The molecule has 148 valence electrons. The van der Waals surface area contributed by atoms with E-state index in [1.54, 1.807) is 14.2 Å². The average Bonchev–Trinajstić information content (AvgIpc) is 2.62. The van der Waals surface area contributed by atoms with Crippen molar-refractivity contribution in [3.05, 3.63) is 18.2 Å². The van der Waals surface area contributed by atoms with Crippen LogP contribution in [-0.2, 0) is 0 Å². The molecule has 0 aliphatic carbocycles. The maximum atomic E-state index is 5.97. The van der Waals surface area contributed by atoms with Crippen LogP contribution in [0.25, 0.3) is 0 Å². The third-order valence-corrected chi connectivity index (χ3v) is 4.73. The maximum Gasteiger partial charge on any atom is 0.193 e. The van der Waals surface area contributed by atoms with Crippen LogP contribution in [-0.4, -0.2) is 50.8 Å². The quantitative estimate of drug-likeness (QED) is 0.259. The molecule has 1 fully saturated rings. The maximum absolute atomic E-state index is 5.97. The lowest BCUT2D eigenvalue weighted by atomic mass is 10.0. The summed E-state index contributed by atoms with van der Waals surface area (Å²) in [6.45, 7) is 5.49. The van der Waals surface area contributed by atoms with E-state index in [2.05, 4.69) is 22.1 Å². The van der Waals surface area contributed by atoms with Crippen molar-refractivity contribution in [2.45, 2.75) is 45.1 Å². The Morgan fingerprint density at radius 1 is 1.23 bits per heavy atom. The van der Waals surface area contributed by atoms with Crippen LogP contribution < -0.4 is 20.5 Å². The number of nitrogens with two attached hydrogens (primary N) is 1. The minimum Gasteiger partial charge on any atom is -0.493 e. The first-order valence-electron chi connectivity index (χ1n) is 9.17. The van der Waals surface area contributed by atoms with Crippen LogP contribution in [0.5, 0.6) is 11.5 Å². The van der Waals surface area contributed by atoms with Crippen LogP contribution in [0.4, 0.5) is 5.69 Å². The Morgan fingerprint density at radius 2 is 2.00 bits per heavy atom. The topological polar surface area (TPSA) is 72.1 Å². The summed E-state index contributed by atoms with van der Waals surface area (Å²) in [7, 11) is 3.23. The standard InChI is InChI=1S/C19H32N4O2.HI/c1-15-8-4-6-12-23(15)13-7-5-11-21-19(20)22-16-9-10-17(24-2)18(14-16)25-3;/h9-10,14-15H,4-8,11-13H2,1-3H3,(H3,20,21,22);1H. The van der Waals surface area contributed by atoms with Crippen molar-refractivity contribution in [2.75, 3.05) is 39.2 Å². The lowest BCUT2D eigenvalue weighted by molar-refractivity contribution is 0.158. The van der Waals surface area contributed by atoms with E-state index in [1.807, 2.05) is 18.2 Å². The van der Waals surface area contributed by atoms with Gasteiger partial charge >= 0.3 is 0 Å². The molecule has 6 nitrogen and oxygen atoms in total. The van der Waals surface area contributed by atoms with E-state index < -0.39 is 0 Å². The molecule has 3 N–H and O–H groups in total. The number of hydrogen-bond donors (Lipinski definition) is 2. The number of nitrogens with zero attached hydrogens (tertiary/aromatic N) is 2. The number of unbranched alkanes of at least 4 members (excludes halogenated alkanes) is 1. The van der Waals surface area contributed by atoms with Crippen molar-refractivity contribution in [3.8, 4) is 11.5 Å². The predicted molar refractivity (Wildman–Crippen MR) is 119 cm³/mol. The van der Waals surface area contributed by atoms with Crippen LogP contribution in [0.1, 0.15) is 39.0 Å². The first-order valence-corrected chi connectivity index (χ1v) is 9.17. The van der Waals surface area contributed by atoms with Crippen molar-refractivity contribution in [1.82, 2.24) is 4.90 Å². The molecule has 1 aliphatic rings. The van der Waals surface area contributed by atoms with Gasteiger partial charge in [-0.15, -0.1) is 24.0 Å². The summed E-state index contributed by atoms with van der Waals surface area (Å²) >= 11 is 0. The number of likely N-dealkylation sites (tertiary alicyclic amines) is 1. The molecule has 0 saturated carbocycles. The number of piperidine rings is 1. The molecule has 1 heterocycles. The zero-order valence-corrected chi connectivity index (χ0v) is 18.5. The highest BCUT2D eigenvalue weighted by Crippen LogP contribution is 2.29. The van der Waals surface area contributed by atoms with Crippen LogP contribution in [0.2, 0.25) is 0 Å². The molecule has 1 saturated heterocycles. The second kappa shape index (κ2) is 12.2. The number of ether oxygens (including phenoxy) is 2. The van der Waals surface area contributed by atoms with E-state index in [9.17, 15) is 0 Å². The second-order valence-electron chi connectivity index (χ2n) is 6.55. The second-order valence-corrected chi connectivity index (χ2v) is 6.55. The first-order chi connectivity index (χ1) is 12.1. The highest BCUT2D eigenvalue weighted by Gasteiger charge is 2.16. The summed E-state index contributed by atoms with van der Waals surface area (Å²) in [5.41, 5.74) is 6.81. The molecule has 26 heavy (non-hydrogen) atoms. The molecule has 1 aromatic carbocycles. The van der Waals surface area contributed by atoms with Gasteiger partial charge in [0.25, 0.3) is 0 Å². The van der Waals surface area contributed by atoms with Crippen LogP contribution in [0, 0.1) is 0 Å². The molecule has 0 aromatic heterocycles. The van der Waals surface area contributed by atoms with Gasteiger partial charge in [-0.05, 0) is 57.8 Å². The molecule has 1 unspecified atom stereocenters. The predicted octanol–water partition coefficient (Wildman–Crippen LogP) is 3.70. The van der Waals surface area contributed by atoms with E-state index in [4.69, 9.17) is 15.2 Å². The summed E-state index contributed by atoms with van der Waals surface area (Å²) < 4.78 is 10.5. The Morgan fingerprint density at radius 3 is 2.69 bits per heavy atom. The van der Waals surface area contributed by atoms with Gasteiger partial charge < -0.3 is 25.4 Å². The van der Waals surface area contributed by atoms with Crippen molar-refractivity contribution in [3.63, 3.8) is 0 Å². The molecule has 2 rings (SSSR count). The lowest BCUT2D eigenvalue weighted by Crippen LogP contribution is -2.38. The number of anilines is 1. The normalized spacial score (nSPS) is 18.1. The third kappa shape index (κ3) is 7.19. The summed E-state index contributed by atoms with van der Waals surface area (Å²) in [4.78, 5) is 7.01. The van der Waals surface area contributed by atoms with Crippen LogP contribution >= 0.6 is 24.0 Å². The van der Waals surface area contributed by atoms with Crippen LogP contribution in [0.15, 0.2) is 23.2 Å². The number of guanidine groups is 1. The number of methoxy groups -OCH3 is 2. The van der Waals surface area contributed by atoms with Gasteiger partial charge in [0.1, 0.15) is 0 Å². The van der Waals surface area contributed by atoms with Gasteiger partial charge in [-0.25, -0.2) is 0 Å². The molecule has 0 radical (unpaired) electrons. The number of nitrogens with one attached hydrogen (secondary N) is 1. The SMILES string of the molecule is COc1ccc(NC(N)=NCCCCN2CCCCC2C)cc1OC.I. The number of hydrogen-bond acceptors (Lipinski definition) is 4. The largest absolute Gasteiger partial charge is 0.493 e. The fourth-order valence-electron chi connectivity index (χ4n) is 3.22. The highest BCUT2D eigenvalue weighted by atomic mass is 127. The minimum absolute atomic E-state index is 0. The zero-order valence-electron chi connectivity index (χ0n) is 16.2. The summed E-state index contributed by atoms with van der Waals surface area (Å²) in [6, 6.07) is 6.31. The first kappa shape index (κ1) is 22.8. The Balaban J connectivity index is 0.00000338. The lowest BCUT2D eigenvalue weighted by Gasteiger charge is -2.33. The molecular weight excluding hydrogens is 443 g/mol. The van der Waals surface area contributed by atoms with E-state index in [0.717, 1.165) is 31.1 Å². The molecule has 0 bridgehead atoms. The Kier molecular flexibility index (Phi) is 10.7. The fraction of sp³-hybridized carbons (Fsp3) is 0.632. The summed E-state index contributed by atoms with van der Waals surface area (Å²) in [6.07, 6.45) is 6.26. The number of rotatable bonds is 8. The molecular formula is C19H33IN4O2. The Hall–Kier alpha value is -1.22. The number of halogens is 1. The van der Waals surface area contributed by atoms with Gasteiger partial charge in [-0.1, -0.05) is 6.42 Å². The number of benzene rings is 1. The minimum atomic E-state index is 0. The van der Waals surface area contributed by atoms with Gasteiger partial charge in [0.15, 0.2) is 17.5 Å². The molecule has 1 aliphatic heterocycles. The smallest absolute Gasteiger partial charge is 0.193 e. The van der Waals surface area contributed by atoms with Gasteiger partial charge in [0.05, 0.1) is 14.2 Å². The molecule has 7 heteroatoms. The summed E-state index contributed by atoms with van der Waals surface area (Å²) in [5.74, 6) is 1.78. The Bertz CT molecular complexity index is 568. The van der Waals surface area contributed by atoms with E-state index in [-0.39, 0.29) is 24.0 Å². The Labute approximate surface area is 174 Å². The van der Waals surface area contributed by atoms with Gasteiger partial charge in [-0.2, -0.15) is 0 Å². The van der Waals surface area contributed by atoms with E-state index >= 15 is 0 Å². The molecule has 0 amide bonds. The van der Waals surface area contributed by atoms with Gasteiger partial charge in [0.2, 0.25) is 0 Å². The van der Waals surface area contributed by atoms with Crippen molar-refractivity contribution in [2.24, 2.45) is 10.7 Å². The van der Waals surface area contributed by atoms with Crippen molar-refractivity contribution >= 4 is 35.6 Å². The molecule has 1 aromatic rings. The van der Waals surface area contributed by atoms with E-state index in [0.29, 0.717) is 17.5 Å². The molecule has 0 spiro atoms. The highest BCUT2D eigenvalue weighted by molar-refractivity contribution is 14.0. The fourth-order valence-corrected chi connectivity index (χ4v) is 3.22. The zero-order chi connectivity index (χ0) is 18.1. The van der Waals surface area contributed by atoms with Crippen LogP contribution in [0.3, 0.4) is 0 Å². The van der Waals surface area contributed by atoms with Gasteiger partial charge in [0, 0.05) is 24.3 Å². The monoisotopic (exact) mass is 476 g/mol. The van der Waals surface area contributed by atoms with Crippen molar-refractivity contribution < 1.29 is 9.47 Å². The third-order valence-electron chi connectivity index (χ3n) is 4.73. The molecule has 1 atom stereocenters. The number of aliphatic imine (C=N–C) groups is 1. The van der Waals surface area contributed by atoms with Gasteiger partial charge in [-0.3, -0.25) is 4.99 Å². The average molecular weight is 476 g/mol.